The minimum atomic E-state index is -0.0958. The first-order chi connectivity index (χ1) is 8.74. The minimum absolute atomic E-state index is 0.0958. The molecular weight excluding hydrogens is 247 g/mol. The van der Waals surface area contributed by atoms with Gasteiger partial charge in [-0.1, -0.05) is 12.1 Å². The lowest BCUT2D eigenvalue weighted by Gasteiger charge is -2.27. The number of halogens is 1. The van der Waals surface area contributed by atoms with E-state index in [0.717, 1.165) is 36.5 Å². The molecule has 0 bridgehead atoms. The van der Waals surface area contributed by atoms with Crippen molar-refractivity contribution in [2.75, 3.05) is 36.5 Å². The fourth-order valence-corrected chi connectivity index (χ4v) is 3.23. The van der Waals surface area contributed by atoms with Crippen LogP contribution in [0.5, 0.6) is 0 Å². The van der Waals surface area contributed by atoms with E-state index in [4.69, 9.17) is 0 Å². The summed E-state index contributed by atoms with van der Waals surface area (Å²) >= 11 is 1.96. The highest BCUT2D eigenvalue weighted by molar-refractivity contribution is 7.99. The largest absolute Gasteiger partial charge is 0.368 e. The molecule has 1 aliphatic heterocycles. The van der Waals surface area contributed by atoms with Gasteiger partial charge in [0.2, 0.25) is 0 Å². The van der Waals surface area contributed by atoms with Crippen LogP contribution in [0.15, 0.2) is 18.2 Å². The number of thioether (sulfide) groups is 1. The summed E-state index contributed by atoms with van der Waals surface area (Å²) in [7, 11) is 1.91. The Morgan fingerprint density at radius 1 is 1.33 bits per heavy atom. The summed E-state index contributed by atoms with van der Waals surface area (Å²) in [6.45, 7) is 3.97. The van der Waals surface area contributed by atoms with Crippen molar-refractivity contribution in [1.82, 2.24) is 5.32 Å². The first-order valence-corrected chi connectivity index (χ1v) is 7.68. The van der Waals surface area contributed by atoms with E-state index >= 15 is 0 Å². The molecule has 0 amide bonds. The Balaban J connectivity index is 2.34. The van der Waals surface area contributed by atoms with Crippen LogP contribution in [-0.4, -0.2) is 31.6 Å². The second kappa shape index (κ2) is 6.43. The van der Waals surface area contributed by atoms with Gasteiger partial charge in [-0.2, -0.15) is 11.8 Å². The van der Waals surface area contributed by atoms with Crippen molar-refractivity contribution in [3.05, 3.63) is 29.6 Å². The molecule has 4 heteroatoms. The van der Waals surface area contributed by atoms with Crippen LogP contribution in [-0.2, 0) is 0 Å². The molecule has 1 heterocycles. The SMILES string of the molecule is CNC(C)c1cccc(F)c1N1CCCSCC1. The Kier molecular flexibility index (Phi) is 4.89. The molecule has 0 spiro atoms. The van der Waals surface area contributed by atoms with E-state index in [2.05, 4.69) is 17.1 Å². The van der Waals surface area contributed by atoms with Gasteiger partial charge in [-0.05, 0) is 37.8 Å². The van der Waals surface area contributed by atoms with Gasteiger partial charge in [0, 0.05) is 24.9 Å². The Morgan fingerprint density at radius 3 is 2.94 bits per heavy atom. The molecule has 1 aliphatic rings. The van der Waals surface area contributed by atoms with Crippen molar-refractivity contribution < 1.29 is 4.39 Å². The third kappa shape index (κ3) is 2.98. The van der Waals surface area contributed by atoms with Crippen molar-refractivity contribution >= 4 is 17.4 Å². The summed E-state index contributed by atoms with van der Waals surface area (Å²) in [5, 5.41) is 3.21. The maximum atomic E-state index is 14.2. The summed E-state index contributed by atoms with van der Waals surface area (Å²) < 4.78 is 14.2. The first-order valence-electron chi connectivity index (χ1n) is 6.52. The standard InChI is InChI=1S/C14H21FN2S/c1-11(16-2)12-5-3-6-13(15)14(12)17-7-4-9-18-10-8-17/h3,5-6,11,16H,4,7-10H2,1-2H3. The number of hydrogen-bond donors (Lipinski definition) is 1. The van der Waals surface area contributed by atoms with E-state index in [-0.39, 0.29) is 11.9 Å². The van der Waals surface area contributed by atoms with Gasteiger partial charge in [0.25, 0.3) is 0 Å². The number of anilines is 1. The molecule has 100 valence electrons. The third-order valence-electron chi connectivity index (χ3n) is 3.46. The second-order valence-corrected chi connectivity index (χ2v) is 5.87. The zero-order valence-electron chi connectivity index (χ0n) is 11.1. The predicted octanol–water partition coefficient (Wildman–Crippen LogP) is 3.05. The highest BCUT2D eigenvalue weighted by Crippen LogP contribution is 2.30. The molecule has 0 saturated carbocycles. The molecule has 0 radical (unpaired) electrons. The number of para-hydroxylation sites is 1. The lowest BCUT2D eigenvalue weighted by atomic mass is 10.0. The number of rotatable bonds is 3. The molecule has 1 saturated heterocycles. The average molecular weight is 268 g/mol. The first kappa shape index (κ1) is 13.7. The van der Waals surface area contributed by atoms with Crippen LogP contribution < -0.4 is 10.2 Å². The maximum Gasteiger partial charge on any atom is 0.146 e. The molecule has 1 atom stereocenters. The van der Waals surface area contributed by atoms with Crippen molar-refractivity contribution in [2.45, 2.75) is 19.4 Å². The fraction of sp³-hybridized carbons (Fsp3) is 0.571. The van der Waals surface area contributed by atoms with E-state index in [1.165, 1.54) is 5.75 Å². The molecule has 0 aliphatic carbocycles. The van der Waals surface area contributed by atoms with Crippen LogP contribution in [0.3, 0.4) is 0 Å². The number of hydrogen-bond acceptors (Lipinski definition) is 3. The van der Waals surface area contributed by atoms with Gasteiger partial charge in [0.1, 0.15) is 5.82 Å². The van der Waals surface area contributed by atoms with Gasteiger partial charge < -0.3 is 10.2 Å². The molecule has 1 unspecified atom stereocenters. The van der Waals surface area contributed by atoms with E-state index in [9.17, 15) is 4.39 Å². The van der Waals surface area contributed by atoms with Crippen LogP contribution in [0.25, 0.3) is 0 Å². The molecule has 0 aromatic heterocycles. The van der Waals surface area contributed by atoms with Gasteiger partial charge in [-0.3, -0.25) is 0 Å². The molecule has 1 aromatic carbocycles. The summed E-state index contributed by atoms with van der Waals surface area (Å²) in [6.07, 6.45) is 1.13. The quantitative estimate of drug-likeness (QED) is 0.907. The highest BCUT2D eigenvalue weighted by Gasteiger charge is 2.19. The summed E-state index contributed by atoms with van der Waals surface area (Å²) in [6, 6.07) is 5.57. The number of nitrogens with zero attached hydrogens (tertiary/aromatic N) is 1. The predicted molar refractivity (Wildman–Crippen MR) is 78.0 cm³/mol. The van der Waals surface area contributed by atoms with Crippen molar-refractivity contribution in [3.63, 3.8) is 0 Å². The maximum absolute atomic E-state index is 14.2. The van der Waals surface area contributed by atoms with Crippen molar-refractivity contribution in [1.29, 1.82) is 0 Å². The van der Waals surface area contributed by atoms with Gasteiger partial charge in [0.15, 0.2) is 0 Å². The van der Waals surface area contributed by atoms with Gasteiger partial charge in [-0.25, -0.2) is 4.39 Å². The average Bonchev–Trinajstić information content (AvgIpc) is 2.66. The summed E-state index contributed by atoms with van der Waals surface area (Å²) in [5.41, 5.74) is 1.85. The molecule has 2 nitrogen and oxygen atoms in total. The highest BCUT2D eigenvalue weighted by atomic mass is 32.2. The fourth-order valence-electron chi connectivity index (χ4n) is 2.34. The monoisotopic (exact) mass is 268 g/mol. The van der Waals surface area contributed by atoms with E-state index in [0.29, 0.717) is 0 Å². The summed E-state index contributed by atoms with van der Waals surface area (Å²) in [4.78, 5) is 2.21. The molecule has 2 rings (SSSR count). The zero-order valence-corrected chi connectivity index (χ0v) is 11.9. The Hall–Kier alpha value is -0.740. The van der Waals surface area contributed by atoms with Crippen LogP contribution in [0, 0.1) is 5.82 Å². The molecule has 1 aromatic rings. The number of nitrogens with one attached hydrogen (secondary N) is 1. The van der Waals surface area contributed by atoms with E-state index in [1.807, 2.05) is 24.9 Å². The van der Waals surface area contributed by atoms with Crippen LogP contribution in [0.2, 0.25) is 0 Å². The van der Waals surface area contributed by atoms with Crippen molar-refractivity contribution in [3.8, 4) is 0 Å². The van der Waals surface area contributed by atoms with E-state index in [1.54, 1.807) is 12.1 Å². The lowest BCUT2D eigenvalue weighted by molar-refractivity contribution is 0.598. The third-order valence-corrected chi connectivity index (χ3v) is 4.50. The zero-order chi connectivity index (χ0) is 13.0. The van der Waals surface area contributed by atoms with Crippen molar-refractivity contribution in [2.24, 2.45) is 0 Å². The van der Waals surface area contributed by atoms with Crippen LogP contribution in [0.1, 0.15) is 24.9 Å². The Bertz CT molecular complexity index is 389. The number of benzene rings is 1. The second-order valence-electron chi connectivity index (χ2n) is 4.64. The molecule has 1 fully saturated rings. The van der Waals surface area contributed by atoms with Crippen LogP contribution in [0.4, 0.5) is 10.1 Å². The molecular formula is C14H21FN2S. The molecule has 18 heavy (non-hydrogen) atoms. The Labute approximate surface area is 113 Å². The van der Waals surface area contributed by atoms with E-state index < -0.39 is 0 Å². The van der Waals surface area contributed by atoms with Gasteiger partial charge >= 0.3 is 0 Å². The van der Waals surface area contributed by atoms with Crippen LogP contribution >= 0.6 is 11.8 Å². The smallest absolute Gasteiger partial charge is 0.146 e. The minimum Gasteiger partial charge on any atom is -0.368 e. The topological polar surface area (TPSA) is 15.3 Å². The van der Waals surface area contributed by atoms with Gasteiger partial charge in [-0.15, -0.1) is 0 Å². The molecule has 1 N–H and O–H groups in total. The Morgan fingerprint density at radius 2 is 2.17 bits per heavy atom. The lowest BCUT2D eigenvalue weighted by Crippen LogP contribution is -2.29. The summed E-state index contributed by atoms with van der Waals surface area (Å²) in [5.74, 6) is 2.17. The normalized spacial score (nSPS) is 18.5. The van der Waals surface area contributed by atoms with Gasteiger partial charge in [0.05, 0.1) is 5.69 Å².